The normalized spacial score (nSPS) is 10.5. The molecule has 0 aromatic heterocycles. The molecule has 0 atom stereocenters. The van der Waals surface area contributed by atoms with E-state index in [0.29, 0.717) is 0 Å². The highest BCUT2D eigenvalue weighted by Gasteiger charge is 2.02. The fourth-order valence-corrected chi connectivity index (χ4v) is 2.59. The predicted molar refractivity (Wildman–Crippen MR) is 67.9 cm³/mol. The number of nitrogens with two attached hydrogens (primary N) is 1. The van der Waals surface area contributed by atoms with E-state index in [1.807, 2.05) is 11.8 Å². The maximum Gasteiger partial charge on any atom is 0.0178 e. The maximum atomic E-state index is 5.58. The Hall–Kier alpha value is 0.01000. The van der Waals surface area contributed by atoms with Gasteiger partial charge in [-0.15, -0.1) is 11.8 Å². The van der Waals surface area contributed by atoms with Gasteiger partial charge in [0.05, 0.1) is 0 Å². The lowest BCUT2D eigenvalue weighted by Gasteiger charge is -2.08. The summed E-state index contributed by atoms with van der Waals surface area (Å²) in [4.78, 5) is 1.38. The van der Waals surface area contributed by atoms with E-state index in [9.17, 15) is 0 Å². The molecule has 1 aromatic carbocycles. The average Bonchev–Trinajstić information content (AvgIpc) is 2.17. The monoisotopic (exact) mass is 273 g/mol. The van der Waals surface area contributed by atoms with Gasteiger partial charge in [0, 0.05) is 9.37 Å². The Labute approximate surface area is 98.6 Å². The molecule has 0 aliphatic rings. The van der Waals surface area contributed by atoms with Crippen LogP contribution in [0.15, 0.2) is 27.6 Å². The van der Waals surface area contributed by atoms with E-state index in [1.54, 1.807) is 0 Å². The number of thioether (sulfide) groups is 1. The van der Waals surface area contributed by atoms with Gasteiger partial charge in [-0.05, 0) is 48.9 Å². The van der Waals surface area contributed by atoms with Crippen molar-refractivity contribution in [3.05, 3.63) is 28.2 Å². The lowest BCUT2D eigenvalue weighted by Crippen LogP contribution is -2.03. The molecule has 0 fully saturated rings. The second kappa shape index (κ2) is 6.49. The Morgan fingerprint density at radius 1 is 1.43 bits per heavy atom. The van der Waals surface area contributed by atoms with Crippen LogP contribution in [0.5, 0.6) is 0 Å². The highest BCUT2D eigenvalue weighted by Crippen LogP contribution is 2.26. The van der Waals surface area contributed by atoms with Crippen LogP contribution in [0.1, 0.15) is 18.9 Å². The summed E-state index contributed by atoms with van der Waals surface area (Å²) in [5.41, 5.74) is 6.95. The summed E-state index contributed by atoms with van der Waals surface area (Å²) in [6.07, 6.45) is 2.17. The molecule has 14 heavy (non-hydrogen) atoms. The van der Waals surface area contributed by atoms with E-state index < -0.39 is 0 Å². The highest BCUT2D eigenvalue weighted by atomic mass is 79.9. The van der Waals surface area contributed by atoms with Crippen LogP contribution in [0.3, 0.4) is 0 Å². The zero-order valence-electron chi connectivity index (χ0n) is 8.42. The van der Waals surface area contributed by atoms with Gasteiger partial charge < -0.3 is 5.73 Å². The van der Waals surface area contributed by atoms with Crippen LogP contribution in [0.25, 0.3) is 0 Å². The Morgan fingerprint density at radius 3 is 2.86 bits per heavy atom. The summed E-state index contributed by atoms with van der Waals surface area (Å²) in [7, 11) is 0. The van der Waals surface area contributed by atoms with Crippen LogP contribution in [0.2, 0.25) is 0 Å². The van der Waals surface area contributed by atoms with Crippen molar-refractivity contribution in [1.82, 2.24) is 0 Å². The van der Waals surface area contributed by atoms with E-state index in [-0.39, 0.29) is 0 Å². The van der Waals surface area contributed by atoms with Crippen molar-refractivity contribution >= 4 is 27.7 Å². The van der Waals surface area contributed by atoms with E-state index in [1.165, 1.54) is 22.6 Å². The van der Waals surface area contributed by atoms with Crippen LogP contribution >= 0.6 is 27.7 Å². The largest absolute Gasteiger partial charge is 0.330 e. The highest BCUT2D eigenvalue weighted by molar-refractivity contribution is 9.10. The summed E-state index contributed by atoms with van der Waals surface area (Å²) in [5.74, 6) is 1.18. The molecule has 1 aromatic rings. The molecule has 3 heteroatoms. The second-order valence-electron chi connectivity index (χ2n) is 3.14. The Bertz CT molecular complexity index is 289. The number of rotatable bonds is 5. The lowest BCUT2D eigenvalue weighted by molar-refractivity contribution is 0.942. The van der Waals surface area contributed by atoms with Crippen molar-refractivity contribution in [2.75, 3.05) is 12.3 Å². The third-order valence-corrected chi connectivity index (χ3v) is 3.71. The van der Waals surface area contributed by atoms with Crippen molar-refractivity contribution in [2.45, 2.75) is 24.7 Å². The second-order valence-corrected chi connectivity index (χ2v) is 5.19. The van der Waals surface area contributed by atoms with Gasteiger partial charge in [-0.25, -0.2) is 0 Å². The first kappa shape index (κ1) is 12.1. The fourth-order valence-electron chi connectivity index (χ4n) is 1.25. The SMILES string of the molecule is CCCSc1ccc(Br)cc1CCN. The van der Waals surface area contributed by atoms with Gasteiger partial charge in [0.1, 0.15) is 0 Å². The van der Waals surface area contributed by atoms with Crippen LogP contribution in [-0.4, -0.2) is 12.3 Å². The summed E-state index contributed by atoms with van der Waals surface area (Å²) in [6, 6.07) is 6.44. The third kappa shape index (κ3) is 3.64. The molecule has 2 N–H and O–H groups in total. The first-order valence-corrected chi connectivity index (χ1v) is 6.67. The molecule has 0 aliphatic heterocycles. The third-order valence-electron chi connectivity index (χ3n) is 1.90. The number of hydrogen-bond acceptors (Lipinski definition) is 2. The Morgan fingerprint density at radius 2 is 2.21 bits per heavy atom. The number of benzene rings is 1. The quantitative estimate of drug-likeness (QED) is 0.832. The van der Waals surface area contributed by atoms with Gasteiger partial charge in [-0.3, -0.25) is 0 Å². The number of halogens is 1. The fraction of sp³-hybridized carbons (Fsp3) is 0.455. The molecular weight excluding hydrogens is 258 g/mol. The Kier molecular flexibility index (Phi) is 5.60. The molecule has 0 spiro atoms. The van der Waals surface area contributed by atoms with Crippen LogP contribution in [0.4, 0.5) is 0 Å². The molecule has 0 bridgehead atoms. The maximum absolute atomic E-state index is 5.58. The van der Waals surface area contributed by atoms with Gasteiger partial charge >= 0.3 is 0 Å². The molecule has 0 aliphatic carbocycles. The van der Waals surface area contributed by atoms with Crippen molar-refractivity contribution in [1.29, 1.82) is 0 Å². The molecule has 0 unspecified atom stereocenters. The zero-order valence-corrected chi connectivity index (χ0v) is 10.8. The van der Waals surface area contributed by atoms with Gasteiger partial charge in [-0.1, -0.05) is 22.9 Å². The molecular formula is C11H16BrNS. The first-order valence-electron chi connectivity index (χ1n) is 4.89. The molecule has 78 valence electrons. The van der Waals surface area contributed by atoms with Gasteiger partial charge in [0.25, 0.3) is 0 Å². The molecule has 1 rings (SSSR count). The molecule has 0 saturated heterocycles. The molecule has 0 heterocycles. The van der Waals surface area contributed by atoms with Gasteiger partial charge in [-0.2, -0.15) is 0 Å². The van der Waals surface area contributed by atoms with E-state index >= 15 is 0 Å². The zero-order chi connectivity index (χ0) is 10.4. The smallest absolute Gasteiger partial charge is 0.0178 e. The molecule has 0 saturated carbocycles. The summed E-state index contributed by atoms with van der Waals surface area (Å²) in [5, 5.41) is 0. The van der Waals surface area contributed by atoms with Crippen molar-refractivity contribution in [2.24, 2.45) is 5.73 Å². The standard InChI is InChI=1S/C11H16BrNS/c1-2-7-14-11-4-3-10(12)8-9(11)5-6-13/h3-4,8H,2,5-7,13H2,1H3. The minimum Gasteiger partial charge on any atom is -0.330 e. The lowest BCUT2D eigenvalue weighted by atomic mass is 10.1. The van der Waals surface area contributed by atoms with Crippen LogP contribution in [0, 0.1) is 0 Å². The Balaban J connectivity index is 2.78. The summed E-state index contributed by atoms with van der Waals surface area (Å²) in [6.45, 7) is 2.92. The molecule has 0 amide bonds. The molecule has 0 radical (unpaired) electrons. The molecule has 1 nitrogen and oxygen atoms in total. The van der Waals surface area contributed by atoms with Crippen molar-refractivity contribution < 1.29 is 0 Å². The predicted octanol–water partition coefficient (Wildman–Crippen LogP) is 3.45. The summed E-state index contributed by atoms with van der Waals surface area (Å²) < 4.78 is 1.14. The number of hydrogen-bond donors (Lipinski definition) is 1. The van der Waals surface area contributed by atoms with Crippen LogP contribution < -0.4 is 5.73 Å². The van der Waals surface area contributed by atoms with E-state index in [2.05, 4.69) is 41.1 Å². The van der Waals surface area contributed by atoms with Gasteiger partial charge in [0.15, 0.2) is 0 Å². The minimum atomic E-state index is 0.718. The van der Waals surface area contributed by atoms with E-state index in [0.717, 1.165) is 17.4 Å². The van der Waals surface area contributed by atoms with Crippen molar-refractivity contribution in [3.8, 4) is 0 Å². The van der Waals surface area contributed by atoms with Gasteiger partial charge in [0.2, 0.25) is 0 Å². The van der Waals surface area contributed by atoms with E-state index in [4.69, 9.17) is 5.73 Å². The van der Waals surface area contributed by atoms with Crippen molar-refractivity contribution in [3.63, 3.8) is 0 Å². The first-order chi connectivity index (χ1) is 6.77. The van der Waals surface area contributed by atoms with Crippen LogP contribution in [-0.2, 0) is 6.42 Å². The average molecular weight is 274 g/mol. The topological polar surface area (TPSA) is 26.0 Å². The minimum absolute atomic E-state index is 0.718. The summed E-state index contributed by atoms with van der Waals surface area (Å²) >= 11 is 5.40.